The molecule has 0 heterocycles. The van der Waals surface area contributed by atoms with Crippen molar-refractivity contribution in [1.29, 1.82) is 0 Å². The van der Waals surface area contributed by atoms with Gasteiger partial charge in [-0.25, -0.2) is 4.79 Å². The molecule has 0 aliphatic heterocycles. The minimum absolute atomic E-state index is 0.185. The zero-order chi connectivity index (χ0) is 12.4. The molecule has 3 heteroatoms. The molecule has 0 amide bonds. The zero-order valence-electron chi connectivity index (χ0n) is 11.2. The van der Waals surface area contributed by atoms with E-state index in [-0.39, 0.29) is 5.97 Å². The molecular formula is C13H26O2Si. The van der Waals surface area contributed by atoms with Crippen LogP contribution < -0.4 is 0 Å². The molecule has 16 heavy (non-hydrogen) atoms. The molecule has 0 aromatic carbocycles. The highest BCUT2D eigenvalue weighted by Crippen LogP contribution is 2.08. The molecule has 0 bridgehead atoms. The van der Waals surface area contributed by atoms with Crippen LogP contribution in [0, 0.1) is 0 Å². The number of esters is 1. The molecule has 0 N–H and O–H groups in total. The standard InChI is InChI=1S/C13H26O2Si/c1-5-6-7-8-11-15-13(14)10-9-12-16(2,3)4/h9-10H,5-8,11-12H2,1-4H3/b10-9+. The van der Waals surface area contributed by atoms with Crippen LogP contribution in [0.1, 0.15) is 32.6 Å². The fourth-order valence-electron chi connectivity index (χ4n) is 1.26. The van der Waals surface area contributed by atoms with Gasteiger partial charge in [-0.1, -0.05) is 51.9 Å². The average molecular weight is 242 g/mol. The Kier molecular flexibility index (Phi) is 8.26. The van der Waals surface area contributed by atoms with Crippen LogP contribution in [0.25, 0.3) is 0 Å². The molecule has 0 saturated heterocycles. The number of ether oxygens (including phenoxy) is 1. The van der Waals surface area contributed by atoms with E-state index in [1.165, 1.54) is 12.8 Å². The second-order valence-corrected chi connectivity index (χ2v) is 10.9. The highest BCUT2D eigenvalue weighted by atomic mass is 28.3. The molecule has 0 aromatic rings. The Morgan fingerprint density at radius 3 is 2.44 bits per heavy atom. The molecule has 0 aliphatic rings. The zero-order valence-corrected chi connectivity index (χ0v) is 12.2. The van der Waals surface area contributed by atoms with Gasteiger partial charge in [0.25, 0.3) is 0 Å². The van der Waals surface area contributed by atoms with Gasteiger partial charge in [-0.2, -0.15) is 0 Å². The van der Waals surface area contributed by atoms with Gasteiger partial charge in [0.2, 0.25) is 0 Å². The topological polar surface area (TPSA) is 26.3 Å². The summed E-state index contributed by atoms with van der Waals surface area (Å²) >= 11 is 0. The average Bonchev–Trinajstić information content (AvgIpc) is 2.15. The van der Waals surface area contributed by atoms with Gasteiger partial charge >= 0.3 is 5.97 Å². The lowest BCUT2D eigenvalue weighted by molar-refractivity contribution is -0.137. The molecule has 0 rings (SSSR count). The molecule has 0 aliphatic carbocycles. The SMILES string of the molecule is CCCCCCOC(=O)/C=C/C[Si](C)(C)C. The van der Waals surface area contributed by atoms with E-state index in [1.54, 1.807) is 6.08 Å². The molecule has 0 atom stereocenters. The van der Waals surface area contributed by atoms with Gasteiger partial charge in [-0.3, -0.25) is 0 Å². The first-order valence-corrected chi connectivity index (χ1v) is 9.99. The first-order chi connectivity index (χ1) is 7.45. The molecule has 0 aromatic heterocycles. The number of hydrogen-bond acceptors (Lipinski definition) is 2. The Morgan fingerprint density at radius 1 is 1.19 bits per heavy atom. The van der Waals surface area contributed by atoms with Crippen LogP contribution in [0.2, 0.25) is 25.7 Å². The first kappa shape index (κ1) is 15.4. The summed E-state index contributed by atoms with van der Waals surface area (Å²) in [6, 6.07) is 1.04. The van der Waals surface area contributed by atoms with E-state index < -0.39 is 8.07 Å². The highest BCUT2D eigenvalue weighted by molar-refractivity contribution is 6.76. The second kappa shape index (κ2) is 8.56. The van der Waals surface area contributed by atoms with Crippen molar-refractivity contribution >= 4 is 14.0 Å². The minimum atomic E-state index is -1.07. The molecule has 0 unspecified atom stereocenters. The Labute approximate surface area is 101 Å². The van der Waals surface area contributed by atoms with Crippen LogP contribution in [0.4, 0.5) is 0 Å². The lowest BCUT2D eigenvalue weighted by Crippen LogP contribution is -2.17. The molecule has 0 saturated carbocycles. The van der Waals surface area contributed by atoms with Crippen molar-refractivity contribution in [3.63, 3.8) is 0 Å². The van der Waals surface area contributed by atoms with Gasteiger partial charge in [0.15, 0.2) is 0 Å². The summed E-state index contributed by atoms with van der Waals surface area (Å²) in [6.07, 6.45) is 8.12. The fraction of sp³-hybridized carbons (Fsp3) is 0.769. The van der Waals surface area contributed by atoms with E-state index in [9.17, 15) is 4.79 Å². The largest absolute Gasteiger partial charge is 0.463 e. The van der Waals surface area contributed by atoms with Crippen LogP contribution in [-0.4, -0.2) is 20.7 Å². The van der Waals surface area contributed by atoms with E-state index in [1.807, 2.05) is 6.08 Å². The van der Waals surface area contributed by atoms with Gasteiger partial charge in [0, 0.05) is 14.1 Å². The monoisotopic (exact) mass is 242 g/mol. The Bertz CT molecular complexity index is 216. The number of rotatable bonds is 8. The van der Waals surface area contributed by atoms with E-state index >= 15 is 0 Å². The quantitative estimate of drug-likeness (QED) is 0.278. The van der Waals surface area contributed by atoms with Crippen LogP contribution in [0.3, 0.4) is 0 Å². The van der Waals surface area contributed by atoms with Crippen molar-refractivity contribution in [1.82, 2.24) is 0 Å². The summed E-state index contributed by atoms with van der Waals surface area (Å²) in [6.45, 7) is 9.59. The van der Waals surface area contributed by atoms with Crippen molar-refractivity contribution in [3.05, 3.63) is 12.2 Å². The van der Waals surface area contributed by atoms with Crippen molar-refractivity contribution < 1.29 is 9.53 Å². The first-order valence-electron chi connectivity index (χ1n) is 6.29. The van der Waals surface area contributed by atoms with E-state index in [0.717, 1.165) is 18.9 Å². The second-order valence-electron chi connectivity index (χ2n) is 5.40. The normalized spacial score (nSPS) is 12.0. The van der Waals surface area contributed by atoms with Crippen molar-refractivity contribution in [2.45, 2.75) is 58.3 Å². The maximum Gasteiger partial charge on any atom is 0.330 e. The number of carbonyl (C=O) groups excluding carboxylic acids is 1. The molecule has 0 fully saturated rings. The van der Waals surface area contributed by atoms with Gasteiger partial charge < -0.3 is 4.74 Å². The Morgan fingerprint density at radius 2 is 1.88 bits per heavy atom. The van der Waals surface area contributed by atoms with Crippen molar-refractivity contribution in [2.75, 3.05) is 6.61 Å². The van der Waals surface area contributed by atoms with E-state index in [0.29, 0.717) is 6.61 Å². The van der Waals surface area contributed by atoms with Crippen LogP contribution in [-0.2, 0) is 9.53 Å². The van der Waals surface area contributed by atoms with Crippen molar-refractivity contribution in [2.24, 2.45) is 0 Å². The smallest absolute Gasteiger partial charge is 0.330 e. The number of unbranched alkanes of at least 4 members (excludes halogenated alkanes) is 3. The lowest BCUT2D eigenvalue weighted by atomic mass is 10.2. The lowest BCUT2D eigenvalue weighted by Gasteiger charge is -2.11. The maximum atomic E-state index is 11.3. The minimum Gasteiger partial charge on any atom is -0.463 e. The molecule has 2 nitrogen and oxygen atoms in total. The van der Waals surface area contributed by atoms with Gasteiger partial charge in [-0.05, 0) is 12.5 Å². The third-order valence-corrected chi connectivity index (χ3v) is 3.69. The Hall–Kier alpha value is -0.573. The fourth-order valence-corrected chi connectivity index (χ4v) is 2.08. The van der Waals surface area contributed by atoms with Crippen LogP contribution >= 0.6 is 0 Å². The number of hydrogen-bond donors (Lipinski definition) is 0. The number of carbonyl (C=O) groups is 1. The molecular weight excluding hydrogens is 216 g/mol. The van der Waals surface area contributed by atoms with E-state index in [4.69, 9.17) is 4.74 Å². The Balaban J connectivity index is 3.51. The highest BCUT2D eigenvalue weighted by Gasteiger charge is 2.09. The van der Waals surface area contributed by atoms with Gasteiger partial charge in [0.1, 0.15) is 0 Å². The maximum absolute atomic E-state index is 11.3. The van der Waals surface area contributed by atoms with Gasteiger partial charge in [0.05, 0.1) is 6.61 Å². The predicted molar refractivity (Wildman–Crippen MR) is 72.4 cm³/mol. The van der Waals surface area contributed by atoms with Gasteiger partial charge in [-0.15, -0.1) is 0 Å². The summed E-state index contributed by atoms with van der Waals surface area (Å²) in [5, 5.41) is 0. The van der Waals surface area contributed by atoms with Crippen LogP contribution in [0.15, 0.2) is 12.2 Å². The summed E-state index contributed by atoms with van der Waals surface area (Å²) in [5.41, 5.74) is 0. The van der Waals surface area contributed by atoms with Crippen LogP contribution in [0.5, 0.6) is 0 Å². The molecule has 94 valence electrons. The third kappa shape index (κ3) is 11.5. The molecule has 0 spiro atoms. The predicted octanol–water partition coefficient (Wildman–Crippen LogP) is 4.00. The van der Waals surface area contributed by atoms with Crippen molar-refractivity contribution in [3.8, 4) is 0 Å². The summed E-state index contributed by atoms with van der Waals surface area (Å²) in [5.74, 6) is -0.185. The third-order valence-electron chi connectivity index (χ3n) is 2.23. The summed E-state index contributed by atoms with van der Waals surface area (Å²) < 4.78 is 5.09. The summed E-state index contributed by atoms with van der Waals surface area (Å²) in [4.78, 5) is 11.3. The summed E-state index contributed by atoms with van der Waals surface area (Å²) in [7, 11) is -1.07. The number of allylic oxidation sites excluding steroid dienone is 1. The molecule has 0 radical (unpaired) electrons. The van der Waals surface area contributed by atoms with E-state index in [2.05, 4.69) is 26.6 Å².